The second-order valence-electron chi connectivity index (χ2n) is 10.4. The summed E-state index contributed by atoms with van der Waals surface area (Å²) in [5, 5.41) is 4.59. The zero-order valence-corrected chi connectivity index (χ0v) is 22.2. The average Bonchev–Trinajstić information content (AvgIpc) is 3.53. The minimum absolute atomic E-state index is 0.893. The lowest BCUT2D eigenvalue weighted by atomic mass is 9.99. The number of hydrogen-bond donors (Lipinski definition) is 0. The summed E-state index contributed by atoms with van der Waals surface area (Å²) in [6.45, 7) is 4.22. The van der Waals surface area contributed by atoms with E-state index in [2.05, 4.69) is 97.3 Å². The van der Waals surface area contributed by atoms with E-state index >= 15 is 0 Å². The number of benzene rings is 4. The first-order valence-electron chi connectivity index (χ1n) is 13.5. The predicted molar refractivity (Wildman–Crippen MR) is 164 cm³/mol. The number of aryl methyl sites for hydroxylation is 2. The summed E-state index contributed by atoms with van der Waals surface area (Å²) in [5.41, 5.74) is 11.3. The molecule has 0 spiro atoms. The molecule has 4 aromatic heterocycles. The van der Waals surface area contributed by atoms with Crippen molar-refractivity contribution in [3.63, 3.8) is 0 Å². The quantitative estimate of drug-likeness (QED) is 0.235. The largest absolute Gasteiger partial charge is 0.454 e. The highest BCUT2D eigenvalue weighted by Crippen LogP contribution is 2.41. The molecule has 0 bridgehead atoms. The van der Waals surface area contributed by atoms with E-state index in [-0.39, 0.29) is 0 Å². The van der Waals surface area contributed by atoms with Crippen molar-refractivity contribution >= 4 is 43.7 Å². The van der Waals surface area contributed by atoms with Gasteiger partial charge in [-0.25, -0.2) is 0 Å². The predicted octanol–water partition coefficient (Wildman–Crippen LogP) is 9.42. The van der Waals surface area contributed by atoms with E-state index in [4.69, 9.17) is 14.4 Å². The number of furan rings is 1. The lowest BCUT2D eigenvalue weighted by Gasteiger charge is -2.15. The number of hydrogen-bond acceptors (Lipinski definition) is 3. The van der Waals surface area contributed by atoms with Gasteiger partial charge in [-0.2, -0.15) is 0 Å². The maximum atomic E-state index is 6.58. The van der Waals surface area contributed by atoms with Crippen LogP contribution in [0.2, 0.25) is 0 Å². The number of nitrogens with zero attached hydrogens (tertiary/aromatic N) is 3. The molecule has 0 saturated carbocycles. The number of para-hydroxylation sites is 2. The van der Waals surface area contributed by atoms with Crippen LogP contribution >= 0.6 is 0 Å². The molecule has 0 aliphatic heterocycles. The molecule has 0 atom stereocenters. The third-order valence-electron chi connectivity index (χ3n) is 7.92. The summed E-state index contributed by atoms with van der Waals surface area (Å²) in [4.78, 5) is 9.57. The van der Waals surface area contributed by atoms with Crippen molar-refractivity contribution in [2.45, 2.75) is 13.8 Å². The first-order valence-corrected chi connectivity index (χ1v) is 13.5. The van der Waals surface area contributed by atoms with Gasteiger partial charge in [0, 0.05) is 50.8 Å². The van der Waals surface area contributed by atoms with E-state index in [0.717, 1.165) is 77.7 Å². The molecule has 0 radical (unpaired) electrons. The van der Waals surface area contributed by atoms with Crippen LogP contribution in [0.3, 0.4) is 0 Å². The van der Waals surface area contributed by atoms with Crippen LogP contribution < -0.4 is 0 Å². The highest BCUT2D eigenvalue weighted by atomic mass is 16.3. The van der Waals surface area contributed by atoms with Crippen LogP contribution in [0, 0.1) is 13.8 Å². The van der Waals surface area contributed by atoms with Gasteiger partial charge in [0.25, 0.3) is 0 Å². The fourth-order valence-electron chi connectivity index (χ4n) is 6.09. The Morgan fingerprint density at radius 2 is 1.20 bits per heavy atom. The van der Waals surface area contributed by atoms with E-state index in [0.29, 0.717) is 0 Å². The van der Waals surface area contributed by atoms with Crippen LogP contribution in [-0.2, 0) is 0 Å². The van der Waals surface area contributed by atoms with Crippen LogP contribution in [0.25, 0.3) is 71.9 Å². The zero-order chi connectivity index (χ0) is 26.8. The van der Waals surface area contributed by atoms with E-state index < -0.39 is 0 Å². The molecule has 0 unspecified atom stereocenters. The molecule has 4 nitrogen and oxygen atoms in total. The van der Waals surface area contributed by atoms with Crippen LogP contribution in [-0.4, -0.2) is 14.5 Å². The lowest BCUT2D eigenvalue weighted by Crippen LogP contribution is -1.98. The highest BCUT2D eigenvalue weighted by molar-refractivity contribution is 6.21. The van der Waals surface area contributed by atoms with E-state index in [1.807, 2.05) is 36.7 Å². The highest BCUT2D eigenvalue weighted by Gasteiger charge is 2.20. The fourth-order valence-corrected chi connectivity index (χ4v) is 6.09. The summed E-state index contributed by atoms with van der Waals surface area (Å²) in [7, 11) is 0. The number of aromatic nitrogens is 3. The van der Waals surface area contributed by atoms with Gasteiger partial charge >= 0.3 is 0 Å². The summed E-state index contributed by atoms with van der Waals surface area (Å²) >= 11 is 0. The molecule has 0 fully saturated rings. The molecule has 40 heavy (non-hydrogen) atoms. The Hall–Kier alpha value is -5.22. The minimum atomic E-state index is 0.893. The van der Waals surface area contributed by atoms with Gasteiger partial charge in [0.15, 0.2) is 5.58 Å². The third-order valence-corrected chi connectivity index (χ3v) is 7.92. The molecule has 0 saturated heterocycles. The third kappa shape index (κ3) is 3.33. The van der Waals surface area contributed by atoms with E-state index in [1.165, 1.54) is 5.39 Å². The Morgan fingerprint density at radius 3 is 1.90 bits per heavy atom. The van der Waals surface area contributed by atoms with Gasteiger partial charge in [0.2, 0.25) is 0 Å². The first kappa shape index (κ1) is 22.7. The van der Waals surface area contributed by atoms with Gasteiger partial charge in [0.1, 0.15) is 5.58 Å². The van der Waals surface area contributed by atoms with Crippen LogP contribution in [0.1, 0.15) is 11.1 Å². The Balaban J connectivity index is 1.53. The van der Waals surface area contributed by atoms with Crippen molar-refractivity contribution in [1.82, 2.24) is 14.5 Å². The Labute approximate surface area is 231 Å². The maximum absolute atomic E-state index is 6.58. The number of fused-ring (bicyclic) bond motifs is 7. The topological polar surface area (TPSA) is 43.9 Å². The Kier molecular flexibility index (Phi) is 4.92. The summed E-state index contributed by atoms with van der Waals surface area (Å²) in [6.07, 6.45) is 3.72. The minimum Gasteiger partial charge on any atom is -0.454 e. The molecule has 0 amide bonds. The maximum Gasteiger partial charge on any atom is 0.160 e. The van der Waals surface area contributed by atoms with Crippen LogP contribution in [0.4, 0.5) is 0 Å². The zero-order valence-electron chi connectivity index (χ0n) is 22.2. The van der Waals surface area contributed by atoms with E-state index in [9.17, 15) is 0 Å². The van der Waals surface area contributed by atoms with E-state index in [1.54, 1.807) is 0 Å². The van der Waals surface area contributed by atoms with Crippen molar-refractivity contribution in [3.05, 3.63) is 127 Å². The van der Waals surface area contributed by atoms with Crippen molar-refractivity contribution < 1.29 is 4.42 Å². The molecule has 8 aromatic rings. The normalized spacial score (nSPS) is 11.8. The molecule has 0 aliphatic rings. The smallest absolute Gasteiger partial charge is 0.160 e. The summed E-state index contributed by atoms with van der Waals surface area (Å²) in [5.74, 6) is 0. The molecule has 8 rings (SSSR count). The van der Waals surface area contributed by atoms with Crippen LogP contribution in [0.5, 0.6) is 0 Å². The van der Waals surface area contributed by atoms with Crippen molar-refractivity contribution in [2.24, 2.45) is 0 Å². The molecule has 0 aliphatic carbocycles. The lowest BCUT2D eigenvalue weighted by molar-refractivity contribution is 0.671. The fraction of sp³-hybridized carbons (Fsp3) is 0.0556. The Bertz CT molecular complexity index is 2190. The molecule has 4 heteroatoms. The molecular weight excluding hydrogens is 490 g/mol. The van der Waals surface area contributed by atoms with Gasteiger partial charge in [0.05, 0.1) is 22.4 Å². The summed E-state index contributed by atoms with van der Waals surface area (Å²) < 4.78 is 8.93. The van der Waals surface area contributed by atoms with Gasteiger partial charge in [-0.3, -0.25) is 9.97 Å². The van der Waals surface area contributed by atoms with Crippen molar-refractivity contribution in [1.29, 1.82) is 0 Å². The SMILES string of the molecule is Cc1cccnc1-c1cc(-c2ncccc2C)cc(-n2c3ccccc3c3ccc4c5ccccc5oc4c32)c1. The first-order chi connectivity index (χ1) is 19.7. The summed E-state index contributed by atoms with van der Waals surface area (Å²) in [6, 6.07) is 36.2. The van der Waals surface area contributed by atoms with Crippen molar-refractivity contribution in [3.8, 4) is 28.2 Å². The Morgan fingerprint density at radius 1 is 0.575 bits per heavy atom. The van der Waals surface area contributed by atoms with Gasteiger partial charge in [-0.05, 0) is 73.5 Å². The average molecular weight is 516 g/mol. The van der Waals surface area contributed by atoms with Gasteiger partial charge < -0.3 is 8.98 Å². The van der Waals surface area contributed by atoms with Crippen LogP contribution in [0.15, 0.2) is 120 Å². The van der Waals surface area contributed by atoms with Gasteiger partial charge in [-0.15, -0.1) is 0 Å². The number of rotatable bonds is 3. The molecule has 190 valence electrons. The monoisotopic (exact) mass is 515 g/mol. The second-order valence-corrected chi connectivity index (χ2v) is 10.4. The molecule has 0 N–H and O–H groups in total. The number of pyridine rings is 2. The molecule has 4 aromatic carbocycles. The molecule has 4 heterocycles. The standard InChI is InChI=1S/C36H25N3O/c1-22-9-7-17-37-33(22)24-19-25(34-23(2)10-8-18-38-34)21-26(20-24)39-31-13-5-3-11-27(31)29-15-16-30-28-12-4-6-14-32(28)40-36(30)35(29)39/h3-21H,1-2H3. The second kappa shape index (κ2) is 8.65. The van der Waals surface area contributed by atoms with Gasteiger partial charge in [-0.1, -0.05) is 54.6 Å². The van der Waals surface area contributed by atoms with Crippen molar-refractivity contribution in [2.75, 3.05) is 0 Å². The molecular formula is C36H25N3O.